The van der Waals surface area contributed by atoms with Gasteiger partial charge in [0.1, 0.15) is 11.8 Å². The van der Waals surface area contributed by atoms with Crippen LogP contribution in [0.2, 0.25) is 0 Å². The molecule has 0 saturated carbocycles. The summed E-state index contributed by atoms with van der Waals surface area (Å²) in [4.78, 5) is 13.0. The van der Waals surface area contributed by atoms with Crippen LogP contribution in [0.4, 0.5) is 4.79 Å². The molecule has 1 rings (SSSR count). The third-order valence-electron chi connectivity index (χ3n) is 1.86. The van der Waals surface area contributed by atoms with Crippen LogP contribution in [-0.2, 0) is 9.47 Å². The van der Waals surface area contributed by atoms with Gasteiger partial charge in [-0.25, -0.2) is 4.79 Å². The summed E-state index contributed by atoms with van der Waals surface area (Å²) in [5.74, 6) is 0. The van der Waals surface area contributed by atoms with Crippen molar-refractivity contribution in [2.45, 2.75) is 39.0 Å². The third kappa shape index (κ3) is 2.59. The molecule has 0 N–H and O–H groups in total. The second kappa shape index (κ2) is 3.54. The first-order valence-corrected chi connectivity index (χ1v) is 4.46. The van der Waals surface area contributed by atoms with Crippen LogP contribution in [0.25, 0.3) is 0 Å². The summed E-state index contributed by atoms with van der Waals surface area (Å²) in [7, 11) is 1.60. The third-order valence-corrected chi connectivity index (χ3v) is 1.86. The number of carbonyl (C=O) groups excluding carboxylic acids is 1. The Morgan fingerprint density at radius 1 is 1.46 bits per heavy atom. The van der Waals surface area contributed by atoms with Gasteiger partial charge in [0.05, 0.1) is 0 Å². The number of hydrogen-bond acceptors (Lipinski definition) is 3. The molecule has 76 valence electrons. The van der Waals surface area contributed by atoms with Gasteiger partial charge in [-0.2, -0.15) is 0 Å². The lowest BCUT2D eigenvalue weighted by Gasteiger charge is -2.39. The first kappa shape index (κ1) is 10.3. The van der Waals surface area contributed by atoms with Crippen LogP contribution in [0, 0.1) is 0 Å². The second-order valence-corrected chi connectivity index (χ2v) is 4.15. The Bertz CT molecular complexity index is 196. The number of ether oxygens (including phenoxy) is 2. The number of carbonyl (C=O) groups is 1. The zero-order valence-electron chi connectivity index (χ0n) is 8.66. The van der Waals surface area contributed by atoms with E-state index in [9.17, 15) is 4.79 Å². The highest BCUT2D eigenvalue weighted by molar-refractivity contribution is 5.69. The monoisotopic (exact) mass is 187 g/mol. The summed E-state index contributed by atoms with van der Waals surface area (Å²) in [6, 6.07) is 0. The molecule has 0 radical (unpaired) electrons. The number of rotatable bonds is 1. The fourth-order valence-corrected chi connectivity index (χ4v) is 1.14. The standard InChI is InChI=1S/C9H17NO3/c1-9(2,3)13-8(11)10-6-5-7(10)12-4/h7H,5-6H2,1-4H3/t7-/m0/s1. The molecule has 0 unspecified atom stereocenters. The highest BCUT2D eigenvalue weighted by Crippen LogP contribution is 2.21. The quantitative estimate of drug-likeness (QED) is 0.626. The zero-order chi connectivity index (χ0) is 10.1. The van der Waals surface area contributed by atoms with E-state index in [0.29, 0.717) is 0 Å². The van der Waals surface area contributed by atoms with Gasteiger partial charge < -0.3 is 9.47 Å². The minimum absolute atomic E-state index is 0.0881. The minimum atomic E-state index is -0.426. The van der Waals surface area contributed by atoms with Crippen molar-refractivity contribution in [3.63, 3.8) is 0 Å². The van der Waals surface area contributed by atoms with Crippen LogP contribution in [-0.4, -0.2) is 36.5 Å². The van der Waals surface area contributed by atoms with Crippen LogP contribution >= 0.6 is 0 Å². The van der Waals surface area contributed by atoms with Crippen LogP contribution < -0.4 is 0 Å². The molecule has 0 aromatic rings. The van der Waals surface area contributed by atoms with Gasteiger partial charge in [0.15, 0.2) is 0 Å². The van der Waals surface area contributed by atoms with Gasteiger partial charge in [-0.3, -0.25) is 4.90 Å². The average molecular weight is 187 g/mol. The molecule has 1 aliphatic rings. The summed E-state index contributed by atoms with van der Waals surface area (Å²) in [5.41, 5.74) is -0.426. The van der Waals surface area contributed by atoms with E-state index in [1.54, 1.807) is 12.0 Å². The van der Waals surface area contributed by atoms with E-state index in [-0.39, 0.29) is 12.3 Å². The maximum absolute atomic E-state index is 11.4. The summed E-state index contributed by atoms with van der Waals surface area (Å²) in [6.07, 6.45) is 0.524. The molecule has 0 bridgehead atoms. The van der Waals surface area contributed by atoms with Crippen molar-refractivity contribution in [3.8, 4) is 0 Å². The fourth-order valence-electron chi connectivity index (χ4n) is 1.14. The van der Waals surface area contributed by atoms with Gasteiger partial charge in [-0.15, -0.1) is 0 Å². The Kier molecular flexibility index (Phi) is 2.81. The molecule has 1 saturated heterocycles. The molecule has 1 atom stereocenters. The Morgan fingerprint density at radius 2 is 2.08 bits per heavy atom. The van der Waals surface area contributed by atoms with Crippen LogP contribution in [0.1, 0.15) is 27.2 Å². The van der Waals surface area contributed by atoms with Crippen molar-refractivity contribution < 1.29 is 14.3 Å². The van der Waals surface area contributed by atoms with Crippen molar-refractivity contribution in [3.05, 3.63) is 0 Å². The summed E-state index contributed by atoms with van der Waals surface area (Å²) >= 11 is 0. The molecule has 1 aliphatic heterocycles. The lowest BCUT2D eigenvalue weighted by atomic mass is 10.2. The molecule has 0 spiro atoms. The van der Waals surface area contributed by atoms with E-state index in [1.165, 1.54) is 0 Å². The lowest BCUT2D eigenvalue weighted by Crippen LogP contribution is -2.53. The molecule has 1 amide bonds. The predicted octanol–water partition coefficient (Wildman–Crippen LogP) is 1.60. The smallest absolute Gasteiger partial charge is 0.412 e. The van der Waals surface area contributed by atoms with Gasteiger partial charge in [0.2, 0.25) is 0 Å². The molecular weight excluding hydrogens is 170 g/mol. The normalized spacial score (nSPS) is 22.5. The highest BCUT2D eigenvalue weighted by Gasteiger charge is 2.35. The number of hydrogen-bond donors (Lipinski definition) is 0. The van der Waals surface area contributed by atoms with Crippen molar-refractivity contribution in [1.82, 2.24) is 4.90 Å². The van der Waals surface area contributed by atoms with Gasteiger partial charge in [0.25, 0.3) is 0 Å². The maximum Gasteiger partial charge on any atom is 0.412 e. The molecule has 4 heteroatoms. The molecule has 0 aliphatic carbocycles. The minimum Gasteiger partial charge on any atom is -0.444 e. The van der Waals surface area contributed by atoms with Crippen LogP contribution in [0.5, 0.6) is 0 Å². The number of amides is 1. The Balaban J connectivity index is 2.40. The molecule has 4 nitrogen and oxygen atoms in total. The fraction of sp³-hybridized carbons (Fsp3) is 0.889. The molecule has 1 fully saturated rings. The summed E-state index contributed by atoms with van der Waals surface area (Å²) in [5, 5.41) is 0. The molecule has 0 aromatic heterocycles. The Morgan fingerprint density at radius 3 is 2.38 bits per heavy atom. The lowest BCUT2D eigenvalue weighted by molar-refractivity contribution is -0.0999. The first-order chi connectivity index (χ1) is 5.94. The van der Waals surface area contributed by atoms with Crippen molar-refractivity contribution >= 4 is 6.09 Å². The largest absolute Gasteiger partial charge is 0.444 e. The Hall–Kier alpha value is -0.770. The van der Waals surface area contributed by atoms with Gasteiger partial charge >= 0.3 is 6.09 Å². The SMILES string of the molecule is CO[C@H]1CCN1C(=O)OC(C)(C)C. The first-order valence-electron chi connectivity index (χ1n) is 4.46. The second-order valence-electron chi connectivity index (χ2n) is 4.15. The van der Waals surface area contributed by atoms with Crippen molar-refractivity contribution in [2.24, 2.45) is 0 Å². The Labute approximate surface area is 78.8 Å². The zero-order valence-corrected chi connectivity index (χ0v) is 8.66. The van der Waals surface area contributed by atoms with Gasteiger partial charge in [-0.05, 0) is 20.8 Å². The maximum atomic E-state index is 11.4. The summed E-state index contributed by atoms with van der Waals surface area (Å²) < 4.78 is 10.2. The van der Waals surface area contributed by atoms with Gasteiger partial charge in [0, 0.05) is 20.1 Å². The van der Waals surface area contributed by atoms with E-state index < -0.39 is 5.60 Å². The van der Waals surface area contributed by atoms with E-state index >= 15 is 0 Å². The number of nitrogens with zero attached hydrogens (tertiary/aromatic N) is 1. The predicted molar refractivity (Wildman–Crippen MR) is 48.4 cm³/mol. The van der Waals surface area contributed by atoms with E-state index in [1.807, 2.05) is 20.8 Å². The van der Waals surface area contributed by atoms with Gasteiger partial charge in [-0.1, -0.05) is 0 Å². The van der Waals surface area contributed by atoms with E-state index in [0.717, 1.165) is 13.0 Å². The van der Waals surface area contributed by atoms with Crippen molar-refractivity contribution in [1.29, 1.82) is 0 Å². The van der Waals surface area contributed by atoms with Crippen LogP contribution in [0.15, 0.2) is 0 Å². The molecular formula is C9H17NO3. The highest BCUT2D eigenvalue weighted by atomic mass is 16.6. The van der Waals surface area contributed by atoms with Crippen LogP contribution in [0.3, 0.4) is 0 Å². The average Bonchev–Trinajstić information content (AvgIpc) is 1.80. The van der Waals surface area contributed by atoms with E-state index in [4.69, 9.17) is 9.47 Å². The number of methoxy groups -OCH3 is 1. The van der Waals surface area contributed by atoms with Crippen molar-refractivity contribution in [2.75, 3.05) is 13.7 Å². The molecule has 0 aromatic carbocycles. The molecule has 13 heavy (non-hydrogen) atoms. The summed E-state index contributed by atoms with van der Waals surface area (Å²) in [6.45, 7) is 6.29. The van der Waals surface area contributed by atoms with E-state index in [2.05, 4.69) is 0 Å². The topological polar surface area (TPSA) is 38.8 Å². The number of likely N-dealkylation sites (tertiary alicyclic amines) is 1. The molecule has 1 heterocycles.